The molecular weight excluding hydrogens is 342 g/mol. The van der Waals surface area contributed by atoms with Crippen molar-refractivity contribution in [1.82, 2.24) is 30.3 Å². The molecule has 1 aliphatic rings. The summed E-state index contributed by atoms with van der Waals surface area (Å²) >= 11 is 0. The summed E-state index contributed by atoms with van der Waals surface area (Å²) in [6, 6.07) is 0.396. The minimum Gasteiger partial charge on any atom is -0.379 e. The van der Waals surface area contributed by atoms with Crippen LogP contribution in [0.25, 0.3) is 0 Å². The smallest absolute Gasteiger partial charge is 0.191 e. The molecule has 0 saturated carbocycles. The standard InChI is InChI=1S/C19H37N7O/c1-5-6-7-8-16(2)22-19(20-9-10-26-11-13-27-14-12-26)21-15-18-24-23-17(3)25(18)4/h16H,5-15H2,1-4H3,(H2,20,21,22). The van der Waals surface area contributed by atoms with Gasteiger partial charge in [-0.05, 0) is 20.3 Å². The van der Waals surface area contributed by atoms with Gasteiger partial charge in [0.2, 0.25) is 0 Å². The number of hydrogen-bond donors (Lipinski definition) is 2. The minimum absolute atomic E-state index is 0.396. The van der Waals surface area contributed by atoms with Crippen LogP contribution in [0, 0.1) is 6.92 Å². The maximum Gasteiger partial charge on any atom is 0.191 e. The lowest BCUT2D eigenvalue weighted by Crippen LogP contribution is -2.46. The normalized spacial score (nSPS) is 17.1. The van der Waals surface area contributed by atoms with Gasteiger partial charge in [0.15, 0.2) is 11.8 Å². The predicted molar refractivity (Wildman–Crippen MR) is 109 cm³/mol. The molecule has 0 amide bonds. The zero-order chi connectivity index (χ0) is 19.5. The highest BCUT2D eigenvalue weighted by atomic mass is 16.5. The van der Waals surface area contributed by atoms with Crippen LogP contribution in [0.2, 0.25) is 0 Å². The van der Waals surface area contributed by atoms with E-state index in [4.69, 9.17) is 9.73 Å². The highest BCUT2D eigenvalue weighted by molar-refractivity contribution is 5.80. The van der Waals surface area contributed by atoms with Gasteiger partial charge in [0.1, 0.15) is 12.4 Å². The molecule has 2 rings (SSSR count). The first-order valence-electron chi connectivity index (χ1n) is 10.3. The Morgan fingerprint density at radius 2 is 2.04 bits per heavy atom. The number of aryl methyl sites for hydroxylation is 1. The molecule has 1 aromatic rings. The Morgan fingerprint density at radius 3 is 2.70 bits per heavy atom. The predicted octanol–water partition coefficient (Wildman–Crippen LogP) is 1.46. The fourth-order valence-electron chi connectivity index (χ4n) is 3.05. The summed E-state index contributed by atoms with van der Waals surface area (Å²) in [6.07, 6.45) is 4.92. The van der Waals surface area contributed by atoms with E-state index in [-0.39, 0.29) is 0 Å². The van der Waals surface area contributed by atoms with Gasteiger partial charge >= 0.3 is 0 Å². The first-order chi connectivity index (χ1) is 13.1. The third-order valence-electron chi connectivity index (χ3n) is 5.01. The Kier molecular flexibility index (Phi) is 9.55. The zero-order valence-corrected chi connectivity index (χ0v) is 17.5. The highest BCUT2D eigenvalue weighted by Gasteiger charge is 2.11. The van der Waals surface area contributed by atoms with Crippen LogP contribution in [0.1, 0.15) is 51.2 Å². The van der Waals surface area contributed by atoms with Crippen LogP contribution in [0.5, 0.6) is 0 Å². The number of nitrogens with one attached hydrogen (secondary N) is 2. The van der Waals surface area contributed by atoms with Crippen molar-refractivity contribution in [3.05, 3.63) is 11.6 Å². The average molecular weight is 380 g/mol. The fourth-order valence-corrected chi connectivity index (χ4v) is 3.05. The molecule has 1 aliphatic heterocycles. The summed E-state index contributed by atoms with van der Waals surface area (Å²) in [4.78, 5) is 7.17. The third-order valence-corrected chi connectivity index (χ3v) is 5.01. The monoisotopic (exact) mass is 379 g/mol. The molecule has 0 aliphatic carbocycles. The second-order valence-electron chi connectivity index (χ2n) is 7.31. The van der Waals surface area contributed by atoms with E-state index in [0.717, 1.165) is 63.4 Å². The Hall–Kier alpha value is -1.67. The Labute approximate surface area is 163 Å². The first-order valence-corrected chi connectivity index (χ1v) is 10.3. The van der Waals surface area contributed by atoms with E-state index in [2.05, 4.69) is 39.6 Å². The van der Waals surface area contributed by atoms with Crippen LogP contribution in [0.15, 0.2) is 4.99 Å². The molecular formula is C19H37N7O. The number of ether oxygens (including phenoxy) is 1. The van der Waals surface area contributed by atoms with E-state index in [0.29, 0.717) is 12.6 Å². The lowest BCUT2D eigenvalue weighted by molar-refractivity contribution is 0.0389. The van der Waals surface area contributed by atoms with Crippen molar-refractivity contribution in [1.29, 1.82) is 0 Å². The SMILES string of the molecule is CCCCCC(C)NC(=NCc1nnc(C)n1C)NCCN1CCOCC1. The van der Waals surface area contributed by atoms with E-state index < -0.39 is 0 Å². The van der Waals surface area contributed by atoms with Crippen LogP contribution in [0.4, 0.5) is 0 Å². The maximum atomic E-state index is 5.41. The molecule has 1 unspecified atom stereocenters. The quantitative estimate of drug-likeness (QED) is 0.364. The third kappa shape index (κ3) is 7.84. The summed E-state index contributed by atoms with van der Waals surface area (Å²) in [7, 11) is 1.98. The lowest BCUT2D eigenvalue weighted by atomic mass is 10.1. The van der Waals surface area contributed by atoms with Gasteiger partial charge in [-0.1, -0.05) is 26.2 Å². The number of aliphatic imine (C=N–C) groups is 1. The van der Waals surface area contributed by atoms with E-state index in [1.165, 1.54) is 19.3 Å². The van der Waals surface area contributed by atoms with Gasteiger partial charge in [-0.15, -0.1) is 10.2 Å². The minimum atomic E-state index is 0.396. The summed E-state index contributed by atoms with van der Waals surface area (Å²) < 4.78 is 7.40. The molecule has 8 nitrogen and oxygen atoms in total. The highest BCUT2D eigenvalue weighted by Crippen LogP contribution is 2.03. The molecule has 27 heavy (non-hydrogen) atoms. The maximum absolute atomic E-state index is 5.41. The van der Waals surface area contributed by atoms with Gasteiger partial charge in [0.25, 0.3) is 0 Å². The summed E-state index contributed by atoms with van der Waals surface area (Å²) in [6.45, 7) is 12.5. The van der Waals surface area contributed by atoms with Gasteiger partial charge < -0.3 is 19.9 Å². The van der Waals surface area contributed by atoms with Crippen LogP contribution in [-0.2, 0) is 18.3 Å². The molecule has 0 spiro atoms. The van der Waals surface area contributed by atoms with Crippen LogP contribution >= 0.6 is 0 Å². The van der Waals surface area contributed by atoms with Gasteiger partial charge in [-0.3, -0.25) is 4.90 Å². The molecule has 8 heteroatoms. The molecule has 2 heterocycles. The van der Waals surface area contributed by atoms with Crippen LogP contribution in [0.3, 0.4) is 0 Å². The molecule has 0 radical (unpaired) electrons. The van der Waals surface area contributed by atoms with E-state index >= 15 is 0 Å². The van der Waals surface area contributed by atoms with Crippen molar-refractivity contribution in [3.8, 4) is 0 Å². The second-order valence-corrected chi connectivity index (χ2v) is 7.31. The number of unbranched alkanes of at least 4 members (excludes halogenated alkanes) is 2. The van der Waals surface area contributed by atoms with Crippen molar-refractivity contribution < 1.29 is 4.74 Å². The van der Waals surface area contributed by atoms with Crippen molar-refractivity contribution in [2.45, 2.75) is 59.0 Å². The molecule has 1 fully saturated rings. The molecule has 1 saturated heterocycles. The molecule has 0 bridgehead atoms. The van der Waals surface area contributed by atoms with Crippen molar-refractivity contribution in [3.63, 3.8) is 0 Å². The van der Waals surface area contributed by atoms with E-state index in [1.54, 1.807) is 0 Å². The lowest BCUT2D eigenvalue weighted by Gasteiger charge is -2.27. The number of guanidine groups is 1. The van der Waals surface area contributed by atoms with E-state index in [9.17, 15) is 0 Å². The number of morpholine rings is 1. The van der Waals surface area contributed by atoms with E-state index in [1.807, 2.05) is 18.5 Å². The average Bonchev–Trinajstić information content (AvgIpc) is 2.99. The number of hydrogen-bond acceptors (Lipinski definition) is 5. The number of nitrogens with zero attached hydrogens (tertiary/aromatic N) is 5. The van der Waals surface area contributed by atoms with Crippen molar-refractivity contribution in [2.24, 2.45) is 12.0 Å². The molecule has 2 N–H and O–H groups in total. The Morgan fingerprint density at radius 1 is 1.26 bits per heavy atom. The summed E-state index contributed by atoms with van der Waals surface area (Å²) in [5.74, 6) is 2.64. The molecule has 1 atom stereocenters. The summed E-state index contributed by atoms with van der Waals surface area (Å²) in [5.41, 5.74) is 0. The fraction of sp³-hybridized carbons (Fsp3) is 0.842. The van der Waals surface area contributed by atoms with Crippen LogP contribution in [-0.4, -0.2) is 71.1 Å². The zero-order valence-electron chi connectivity index (χ0n) is 17.5. The topological polar surface area (TPSA) is 79.6 Å². The first kappa shape index (κ1) is 21.6. The largest absolute Gasteiger partial charge is 0.379 e. The van der Waals surface area contributed by atoms with Gasteiger partial charge in [0, 0.05) is 39.3 Å². The van der Waals surface area contributed by atoms with Crippen molar-refractivity contribution in [2.75, 3.05) is 39.4 Å². The molecule has 0 aromatic carbocycles. The van der Waals surface area contributed by atoms with Gasteiger partial charge in [-0.2, -0.15) is 0 Å². The summed E-state index contributed by atoms with van der Waals surface area (Å²) in [5, 5.41) is 15.4. The number of aromatic nitrogens is 3. The van der Waals surface area contributed by atoms with Gasteiger partial charge in [-0.25, -0.2) is 4.99 Å². The molecule has 154 valence electrons. The van der Waals surface area contributed by atoms with Crippen molar-refractivity contribution >= 4 is 5.96 Å². The Bertz CT molecular complexity index is 566. The van der Waals surface area contributed by atoms with Crippen LogP contribution < -0.4 is 10.6 Å². The molecule has 1 aromatic heterocycles. The second kappa shape index (κ2) is 11.9. The van der Waals surface area contributed by atoms with Gasteiger partial charge in [0.05, 0.1) is 13.2 Å². The number of rotatable bonds is 10. The Balaban J connectivity index is 1.87.